The van der Waals surface area contributed by atoms with Gasteiger partial charge in [0.15, 0.2) is 11.6 Å². The molecule has 0 unspecified atom stereocenters. The summed E-state index contributed by atoms with van der Waals surface area (Å²) >= 11 is 1.68. The highest BCUT2D eigenvalue weighted by atomic mass is 32.1. The van der Waals surface area contributed by atoms with Crippen LogP contribution >= 0.6 is 11.3 Å². The molecule has 4 rings (SSSR count). The van der Waals surface area contributed by atoms with Crippen molar-refractivity contribution >= 4 is 27.4 Å². The van der Waals surface area contributed by atoms with E-state index in [1.54, 1.807) is 17.7 Å². The van der Waals surface area contributed by atoms with E-state index in [1.807, 2.05) is 13.0 Å². The van der Waals surface area contributed by atoms with Gasteiger partial charge in [-0.05, 0) is 24.3 Å². The first kappa shape index (κ1) is 12.7. The van der Waals surface area contributed by atoms with Crippen LogP contribution in [0.15, 0.2) is 22.3 Å². The monoisotopic (exact) mass is 301 g/mol. The third-order valence-electron chi connectivity index (χ3n) is 3.83. The molecule has 21 heavy (non-hydrogen) atoms. The molecule has 0 spiro atoms. The van der Waals surface area contributed by atoms with Crippen molar-refractivity contribution in [3.8, 4) is 0 Å². The highest BCUT2D eigenvalue weighted by Crippen LogP contribution is 2.38. The first-order valence-electron chi connectivity index (χ1n) is 7.14. The predicted molar refractivity (Wildman–Crippen MR) is 80.4 cm³/mol. The normalized spacial score (nSPS) is 18.7. The summed E-state index contributed by atoms with van der Waals surface area (Å²) in [5, 5.41) is 6.20. The molecule has 0 aliphatic carbocycles. The summed E-state index contributed by atoms with van der Waals surface area (Å²) < 4.78 is 6.39. The van der Waals surface area contributed by atoms with Crippen molar-refractivity contribution in [2.45, 2.75) is 32.2 Å². The number of thiophene rings is 1. The molecule has 1 atom stereocenters. The number of rotatable bonds is 3. The second-order valence-corrected chi connectivity index (χ2v) is 6.00. The average molecular weight is 301 g/mol. The highest BCUT2D eigenvalue weighted by molar-refractivity contribution is 7.17. The van der Waals surface area contributed by atoms with E-state index in [0.717, 1.165) is 47.7 Å². The fraction of sp³-hybridized carbons (Fsp3) is 0.429. The Morgan fingerprint density at radius 2 is 2.38 bits per heavy atom. The third kappa shape index (κ3) is 2.08. The van der Waals surface area contributed by atoms with Crippen LogP contribution in [0.3, 0.4) is 0 Å². The summed E-state index contributed by atoms with van der Waals surface area (Å²) in [5.74, 6) is 2.45. The maximum absolute atomic E-state index is 5.26. The first-order chi connectivity index (χ1) is 10.4. The second-order valence-electron chi connectivity index (χ2n) is 5.08. The first-order valence-corrected chi connectivity index (χ1v) is 8.02. The summed E-state index contributed by atoms with van der Waals surface area (Å²) in [4.78, 5) is 15.6. The smallest absolute Gasteiger partial charge is 0.226 e. The molecule has 3 aromatic heterocycles. The zero-order valence-corrected chi connectivity index (χ0v) is 12.5. The molecule has 1 saturated heterocycles. The van der Waals surface area contributed by atoms with E-state index in [9.17, 15) is 0 Å². The van der Waals surface area contributed by atoms with Crippen LogP contribution in [0.1, 0.15) is 37.5 Å². The molecule has 108 valence electrons. The van der Waals surface area contributed by atoms with Crippen LogP contribution < -0.4 is 4.90 Å². The van der Waals surface area contributed by atoms with Gasteiger partial charge in [0, 0.05) is 13.0 Å². The van der Waals surface area contributed by atoms with Crippen molar-refractivity contribution in [3.63, 3.8) is 0 Å². The molecule has 0 saturated carbocycles. The SMILES string of the molecule is CCc1nc([C@H]2CCCN2c2ncnc3ccsc23)no1. The van der Waals surface area contributed by atoms with E-state index in [4.69, 9.17) is 4.52 Å². The molecule has 6 nitrogen and oxygen atoms in total. The Morgan fingerprint density at radius 3 is 3.24 bits per heavy atom. The van der Waals surface area contributed by atoms with Crippen LogP contribution in [0.2, 0.25) is 0 Å². The van der Waals surface area contributed by atoms with Crippen molar-refractivity contribution in [2.24, 2.45) is 0 Å². The number of anilines is 1. The fourth-order valence-electron chi connectivity index (χ4n) is 2.82. The molecule has 1 fully saturated rings. The minimum Gasteiger partial charge on any atom is -0.345 e. The summed E-state index contributed by atoms with van der Waals surface area (Å²) in [5.41, 5.74) is 0.998. The van der Waals surface area contributed by atoms with E-state index in [2.05, 4.69) is 30.4 Å². The van der Waals surface area contributed by atoms with E-state index in [-0.39, 0.29) is 6.04 Å². The molecule has 3 aromatic rings. The van der Waals surface area contributed by atoms with Gasteiger partial charge in [-0.2, -0.15) is 4.98 Å². The summed E-state index contributed by atoms with van der Waals surface area (Å²) in [6.07, 6.45) is 4.53. The van der Waals surface area contributed by atoms with Crippen LogP contribution in [0.5, 0.6) is 0 Å². The van der Waals surface area contributed by atoms with Crippen LogP contribution in [0.25, 0.3) is 10.2 Å². The lowest BCUT2D eigenvalue weighted by Crippen LogP contribution is -2.24. The standard InChI is InChI=1S/C14H15N5OS/c1-2-11-17-13(18-20-11)10-4-3-6-19(10)14-12-9(5-7-21-12)15-8-16-14/h5,7-8,10H,2-4,6H2,1H3/t10-/m1/s1. The molecule has 0 bridgehead atoms. The minimum absolute atomic E-state index is 0.147. The number of fused-ring (bicyclic) bond motifs is 1. The Morgan fingerprint density at radius 1 is 1.43 bits per heavy atom. The van der Waals surface area contributed by atoms with E-state index in [1.165, 1.54) is 0 Å². The number of nitrogens with zero attached hydrogens (tertiary/aromatic N) is 5. The molecule has 0 radical (unpaired) electrons. The Bertz CT molecular complexity index is 767. The molecule has 0 N–H and O–H groups in total. The molecule has 7 heteroatoms. The van der Waals surface area contributed by atoms with Crippen LogP contribution in [0.4, 0.5) is 5.82 Å². The summed E-state index contributed by atoms with van der Waals surface area (Å²) in [6.45, 7) is 2.98. The van der Waals surface area contributed by atoms with Crippen molar-refractivity contribution in [1.82, 2.24) is 20.1 Å². The molecule has 0 aromatic carbocycles. The summed E-state index contributed by atoms with van der Waals surface area (Å²) in [6, 6.07) is 2.18. The molecular formula is C14H15N5OS. The van der Waals surface area contributed by atoms with Crippen LogP contribution in [-0.4, -0.2) is 26.7 Å². The Kier molecular flexibility index (Phi) is 3.07. The molecular weight excluding hydrogens is 286 g/mol. The van der Waals surface area contributed by atoms with Gasteiger partial charge in [0.1, 0.15) is 6.33 Å². The van der Waals surface area contributed by atoms with Crippen molar-refractivity contribution < 1.29 is 4.52 Å². The van der Waals surface area contributed by atoms with Gasteiger partial charge in [-0.15, -0.1) is 11.3 Å². The van der Waals surface area contributed by atoms with Gasteiger partial charge in [-0.25, -0.2) is 9.97 Å². The van der Waals surface area contributed by atoms with Gasteiger partial charge >= 0.3 is 0 Å². The lowest BCUT2D eigenvalue weighted by atomic mass is 10.2. The Labute approximate surface area is 125 Å². The van der Waals surface area contributed by atoms with E-state index in [0.29, 0.717) is 5.89 Å². The third-order valence-corrected chi connectivity index (χ3v) is 4.73. The predicted octanol–water partition coefficient (Wildman–Crippen LogP) is 2.98. The lowest BCUT2D eigenvalue weighted by Gasteiger charge is -2.23. The maximum atomic E-state index is 5.26. The zero-order chi connectivity index (χ0) is 14.2. The van der Waals surface area contributed by atoms with Crippen molar-refractivity contribution in [2.75, 3.05) is 11.4 Å². The molecule has 4 heterocycles. The van der Waals surface area contributed by atoms with Gasteiger partial charge in [0.25, 0.3) is 0 Å². The van der Waals surface area contributed by atoms with Gasteiger partial charge in [-0.3, -0.25) is 0 Å². The lowest BCUT2D eigenvalue weighted by molar-refractivity contribution is 0.373. The van der Waals surface area contributed by atoms with E-state index < -0.39 is 0 Å². The van der Waals surface area contributed by atoms with E-state index >= 15 is 0 Å². The quantitative estimate of drug-likeness (QED) is 0.741. The maximum Gasteiger partial charge on any atom is 0.226 e. The Hall–Kier alpha value is -2.02. The topological polar surface area (TPSA) is 67.9 Å². The number of aromatic nitrogens is 4. The zero-order valence-electron chi connectivity index (χ0n) is 11.7. The van der Waals surface area contributed by atoms with Crippen LogP contribution in [-0.2, 0) is 6.42 Å². The van der Waals surface area contributed by atoms with Gasteiger partial charge < -0.3 is 9.42 Å². The van der Waals surface area contributed by atoms with Crippen molar-refractivity contribution in [3.05, 3.63) is 29.5 Å². The van der Waals surface area contributed by atoms with Gasteiger partial charge in [0.05, 0.1) is 16.3 Å². The average Bonchev–Trinajstić information content (AvgIpc) is 3.25. The number of hydrogen-bond donors (Lipinski definition) is 0. The molecule has 0 amide bonds. The summed E-state index contributed by atoms with van der Waals surface area (Å²) in [7, 11) is 0. The number of hydrogen-bond acceptors (Lipinski definition) is 7. The molecule has 1 aliphatic heterocycles. The number of aryl methyl sites for hydroxylation is 1. The van der Waals surface area contributed by atoms with Crippen LogP contribution in [0, 0.1) is 0 Å². The van der Waals surface area contributed by atoms with Gasteiger partial charge in [0.2, 0.25) is 5.89 Å². The second kappa shape index (κ2) is 5.07. The molecule has 1 aliphatic rings. The highest BCUT2D eigenvalue weighted by Gasteiger charge is 2.32. The minimum atomic E-state index is 0.147. The van der Waals surface area contributed by atoms with Crippen molar-refractivity contribution in [1.29, 1.82) is 0 Å². The Balaban J connectivity index is 1.74. The van der Waals surface area contributed by atoms with Gasteiger partial charge in [-0.1, -0.05) is 12.1 Å². The fourth-order valence-corrected chi connectivity index (χ4v) is 3.67. The largest absolute Gasteiger partial charge is 0.345 e.